The minimum absolute atomic E-state index is 0.480. The standard InChI is InChI=1S/C19H22ClNO2/c20-18-6-1-2-7-19(18)23-14-16-4-3-5-17(12-16)22-13-15-8-10-21-11-9-15/h1-7,12,15,21H,8-11,13-14H2. The molecule has 1 aliphatic rings. The van der Waals surface area contributed by atoms with Crippen molar-refractivity contribution < 1.29 is 9.47 Å². The Morgan fingerprint density at radius 2 is 1.83 bits per heavy atom. The van der Waals surface area contributed by atoms with E-state index in [2.05, 4.69) is 5.32 Å². The average molecular weight is 332 g/mol. The lowest BCUT2D eigenvalue weighted by atomic mass is 9.99. The monoisotopic (exact) mass is 331 g/mol. The van der Waals surface area contributed by atoms with Gasteiger partial charge in [-0.3, -0.25) is 0 Å². The molecule has 0 saturated carbocycles. The van der Waals surface area contributed by atoms with E-state index in [9.17, 15) is 0 Å². The predicted molar refractivity (Wildman–Crippen MR) is 93.3 cm³/mol. The zero-order chi connectivity index (χ0) is 15.9. The van der Waals surface area contributed by atoms with Gasteiger partial charge in [-0.25, -0.2) is 0 Å². The normalized spacial score (nSPS) is 15.3. The van der Waals surface area contributed by atoms with Crippen molar-refractivity contribution >= 4 is 11.6 Å². The lowest BCUT2D eigenvalue weighted by molar-refractivity contribution is 0.214. The number of hydrogen-bond acceptors (Lipinski definition) is 3. The Kier molecular flexibility index (Phi) is 5.78. The lowest BCUT2D eigenvalue weighted by Crippen LogP contribution is -2.30. The number of ether oxygens (including phenoxy) is 2. The van der Waals surface area contributed by atoms with Crippen LogP contribution in [0.4, 0.5) is 0 Å². The van der Waals surface area contributed by atoms with E-state index in [1.807, 2.05) is 48.5 Å². The van der Waals surface area contributed by atoms with Crippen LogP contribution in [0.3, 0.4) is 0 Å². The first-order valence-corrected chi connectivity index (χ1v) is 8.49. The van der Waals surface area contributed by atoms with Crippen LogP contribution >= 0.6 is 11.6 Å². The second-order valence-corrected chi connectivity index (χ2v) is 6.28. The van der Waals surface area contributed by atoms with Crippen molar-refractivity contribution in [2.45, 2.75) is 19.4 Å². The van der Waals surface area contributed by atoms with Crippen LogP contribution in [-0.4, -0.2) is 19.7 Å². The number of halogens is 1. The Hall–Kier alpha value is -1.71. The quantitative estimate of drug-likeness (QED) is 0.856. The molecule has 2 aromatic carbocycles. The fraction of sp³-hybridized carbons (Fsp3) is 0.368. The van der Waals surface area contributed by atoms with Crippen molar-refractivity contribution in [2.75, 3.05) is 19.7 Å². The van der Waals surface area contributed by atoms with E-state index in [0.717, 1.165) is 31.0 Å². The molecule has 3 nitrogen and oxygen atoms in total. The van der Waals surface area contributed by atoms with Gasteiger partial charge in [0.1, 0.15) is 18.1 Å². The average Bonchev–Trinajstić information content (AvgIpc) is 2.61. The van der Waals surface area contributed by atoms with Gasteiger partial charge < -0.3 is 14.8 Å². The van der Waals surface area contributed by atoms with Crippen molar-refractivity contribution in [3.05, 3.63) is 59.1 Å². The molecule has 23 heavy (non-hydrogen) atoms. The second-order valence-electron chi connectivity index (χ2n) is 5.87. The molecule has 0 spiro atoms. The van der Waals surface area contributed by atoms with Gasteiger partial charge in [-0.15, -0.1) is 0 Å². The van der Waals surface area contributed by atoms with Gasteiger partial charge in [-0.2, -0.15) is 0 Å². The molecule has 1 N–H and O–H groups in total. The fourth-order valence-corrected chi connectivity index (χ4v) is 2.90. The van der Waals surface area contributed by atoms with Crippen LogP contribution in [0.5, 0.6) is 11.5 Å². The molecule has 2 aromatic rings. The SMILES string of the molecule is Clc1ccccc1OCc1cccc(OCC2CCNCC2)c1. The Labute approximate surface area is 142 Å². The van der Waals surface area contributed by atoms with E-state index in [-0.39, 0.29) is 0 Å². The summed E-state index contributed by atoms with van der Waals surface area (Å²) in [4.78, 5) is 0. The van der Waals surface area contributed by atoms with E-state index in [4.69, 9.17) is 21.1 Å². The van der Waals surface area contributed by atoms with E-state index < -0.39 is 0 Å². The summed E-state index contributed by atoms with van der Waals surface area (Å²) in [5.74, 6) is 2.26. The molecule has 122 valence electrons. The molecular formula is C19H22ClNO2. The molecule has 0 atom stereocenters. The Morgan fingerprint density at radius 3 is 2.65 bits per heavy atom. The summed E-state index contributed by atoms with van der Waals surface area (Å²) in [5, 5.41) is 4.01. The molecule has 1 aliphatic heterocycles. The second kappa shape index (κ2) is 8.23. The maximum atomic E-state index is 6.10. The molecule has 0 bridgehead atoms. The summed E-state index contributed by atoms with van der Waals surface area (Å²) in [5.41, 5.74) is 1.08. The first kappa shape index (κ1) is 16.2. The molecule has 0 aromatic heterocycles. The highest BCUT2D eigenvalue weighted by atomic mass is 35.5. The number of benzene rings is 2. The summed E-state index contributed by atoms with van der Waals surface area (Å²) >= 11 is 6.10. The fourth-order valence-electron chi connectivity index (χ4n) is 2.71. The van der Waals surface area contributed by atoms with Gasteiger partial charge in [0, 0.05) is 0 Å². The van der Waals surface area contributed by atoms with Crippen molar-refractivity contribution in [1.29, 1.82) is 0 Å². The Morgan fingerprint density at radius 1 is 1.00 bits per heavy atom. The Bertz CT molecular complexity index is 626. The highest BCUT2D eigenvalue weighted by Crippen LogP contribution is 2.25. The number of hydrogen-bond donors (Lipinski definition) is 1. The van der Waals surface area contributed by atoms with Crippen molar-refractivity contribution in [3.8, 4) is 11.5 Å². The summed E-state index contributed by atoms with van der Waals surface area (Å²) < 4.78 is 11.7. The van der Waals surface area contributed by atoms with Gasteiger partial charge in [0.25, 0.3) is 0 Å². The van der Waals surface area contributed by atoms with E-state index in [0.29, 0.717) is 23.3 Å². The molecule has 0 aliphatic carbocycles. The van der Waals surface area contributed by atoms with E-state index >= 15 is 0 Å². The van der Waals surface area contributed by atoms with Gasteiger partial charge in [0.05, 0.1) is 11.6 Å². The van der Waals surface area contributed by atoms with Crippen LogP contribution in [0, 0.1) is 5.92 Å². The number of rotatable bonds is 6. The number of nitrogens with one attached hydrogen (secondary N) is 1. The summed E-state index contributed by atoms with van der Waals surface area (Å²) in [6, 6.07) is 15.6. The van der Waals surface area contributed by atoms with Crippen molar-refractivity contribution in [1.82, 2.24) is 5.32 Å². The van der Waals surface area contributed by atoms with Gasteiger partial charge in [-0.05, 0) is 61.7 Å². The molecule has 0 unspecified atom stereocenters. The van der Waals surface area contributed by atoms with Crippen LogP contribution in [0.25, 0.3) is 0 Å². The number of para-hydroxylation sites is 1. The molecule has 1 saturated heterocycles. The maximum Gasteiger partial charge on any atom is 0.138 e. The van der Waals surface area contributed by atoms with Crippen molar-refractivity contribution in [2.24, 2.45) is 5.92 Å². The molecule has 0 amide bonds. The maximum absolute atomic E-state index is 6.10. The van der Waals surface area contributed by atoms with Gasteiger partial charge in [0.15, 0.2) is 0 Å². The van der Waals surface area contributed by atoms with Crippen LogP contribution in [0.1, 0.15) is 18.4 Å². The molecule has 4 heteroatoms. The summed E-state index contributed by atoms with van der Waals surface area (Å²) in [6.07, 6.45) is 2.38. The van der Waals surface area contributed by atoms with Crippen molar-refractivity contribution in [3.63, 3.8) is 0 Å². The minimum atomic E-state index is 0.480. The third-order valence-corrected chi connectivity index (χ3v) is 4.39. The smallest absolute Gasteiger partial charge is 0.138 e. The third-order valence-electron chi connectivity index (χ3n) is 4.07. The zero-order valence-electron chi connectivity index (χ0n) is 13.1. The van der Waals surface area contributed by atoms with Crippen LogP contribution in [-0.2, 0) is 6.61 Å². The molecule has 1 fully saturated rings. The topological polar surface area (TPSA) is 30.5 Å². The molecule has 3 rings (SSSR count). The lowest BCUT2D eigenvalue weighted by Gasteiger charge is -2.22. The molecule has 1 heterocycles. The van der Waals surface area contributed by atoms with Crippen LogP contribution in [0.15, 0.2) is 48.5 Å². The summed E-state index contributed by atoms with van der Waals surface area (Å²) in [6.45, 7) is 3.46. The molecular weight excluding hydrogens is 310 g/mol. The number of piperidine rings is 1. The first-order chi connectivity index (χ1) is 11.3. The van der Waals surface area contributed by atoms with Gasteiger partial charge in [0.2, 0.25) is 0 Å². The first-order valence-electron chi connectivity index (χ1n) is 8.11. The largest absolute Gasteiger partial charge is 0.493 e. The predicted octanol–water partition coefficient (Wildman–Crippen LogP) is 4.30. The zero-order valence-corrected chi connectivity index (χ0v) is 13.9. The highest BCUT2D eigenvalue weighted by molar-refractivity contribution is 6.32. The third kappa shape index (κ3) is 4.88. The molecule has 0 radical (unpaired) electrons. The Balaban J connectivity index is 1.53. The summed E-state index contributed by atoms with van der Waals surface area (Å²) in [7, 11) is 0. The highest BCUT2D eigenvalue weighted by Gasteiger charge is 2.13. The van der Waals surface area contributed by atoms with E-state index in [1.54, 1.807) is 0 Å². The van der Waals surface area contributed by atoms with Crippen LogP contribution < -0.4 is 14.8 Å². The minimum Gasteiger partial charge on any atom is -0.493 e. The van der Waals surface area contributed by atoms with Crippen LogP contribution in [0.2, 0.25) is 5.02 Å². The van der Waals surface area contributed by atoms with Gasteiger partial charge in [-0.1, -0.05) is 35.9 Å². The van der Waals surface area contributed by atoms with E-state index in [1.165, 1.54) is 12.8 Å². The van der Waals surface area contributed by atoms with Gasteiger partial charge >= 0.3 is 0 Å².